The first-order chi connectivity index (χ1) is 11.0. The number of halogens is 1. The first-order valence-electron chi connectivity index (χ1n) is 7.87. The summed E-state index contributed by atoms with van der Waals surface area (Å²) in [7, 11) is 0. The molecule has 1 amide bonds. The Morgan fingerprint density at radius 2 is 1.87 bits per heavy atom. The highest BCUT2D eigenvalue weighted by Crippen LogP contribution is 2.20. The van der Waals surface area contributed by atoms with Crippen LogP contribution in [0.3, 0.4) is 0 Å². The molecule has 0 aliphatic rings. The van der Waals surface area contributed by atoms with Gasteiger partial charge in [0.15, 0.2) is 0 Å². The number of hydrogen-bond acceptors (Lipinski definition) is 1. The van der Waals surface area contributed by atoms with Gasteiger partial charge >= 0.3 is 0 Å². The van der Waals surface area contributed by atoms with Crippen molar-refractivity contribution < 1.29 is 4.79 Å². The minimum atomic E-state index is -0.103. The van der Waals surface area contributed by atoms with Gasteiger partial charge in [-0.05, 0) is 75.9 Å². The predicted octanol–water partition coefficient (Wildman–Crippen LogP) is 5.63. The summed E-state index contributed by atoms with van der Waals surface area (Å²) in [6.45, 7) is 6.43. The molecular weight excluding hydrogens is 397 g/mol. The van der Waals surface area contributed by atoms with Crippen LogP contribution >= 0.6 is 22.6 Å². The van der Waals surface area contributed by atoms with Crippen LogP contribution < -0.4 is 5.32 Å². The van der Waals surface area contributed by atoms with E-state index in [0.717, 1.165) is 23.2 Å². The second-order valence-corrected chi connectivity index (χ2v) is 7.04. The summed E-state index contributed by atoms with van der Waals surface area (Å²) in [5.41, 5.74) is 4.37. The van der Waals surface area contributed by atoms with Crippen LogP contribution in [0.15, 0.2) is 48.5 Å². The van der Waals surface area contributed by atoms with Crippen molar-refractivity contribution in [1.82, 2.24) is 0 Å². The maximum absolute atomic E-state index is 12.1. The molecule has 2 rings (SSSR count). The average Bonchev–Trinajstić information content (AvgIpc) is 2.55. The molecule has 0 aliphatic heterocycles. The lowest BCUT2D eigenvalue weighted by Crippen LogP contribution is -2.09. The van der Waals surface area contributed by atoms with E-state index in [4.69, 9.17) is 0 Å². The maximum Gasteiger partial charge on any atom is 0.248 e. The minimum absolute atomic E-state index is 0.103. The van der Waals surface area contributed by atoms with Gasteiger partial charge in [0.1, 0.15) is 0 Å². The molecule has 0 saturated carbocycles. The number of nitrogens with one attached hydrogen (secondary N) is 1. The van der Waals surface area contributed by atoms with Crippen LogP contribution in [-0.2, 0) is 11.2 Å². The highest BCUT2D eigenvalue weighted by molar-refractivity contribution is 14.1. The van der Waals surface area contributed by atoms with Crippen LogP contribution in [0.2, 0.25) is 0 Å². The Labute approximate surface area is 152 Å². The number of carbonyl (C=O) groups excluding carboxylic acids is 1. The molecule has 0 bridgehead atoms. The highest BCUT2D eigenvalue weighted by Gasteiger charge is 2.04. The Morgan fingerprint density at radius 3 is 2.48 bits per heavy atom. The van der Waals surface area contributed by atoms with Crippen molar-refractivity contribution >= 4 is 40.3 Å². The monoisotopic (exact) mass is 419 g/mol. The second-order valence-electron chi connectivity index (χ2n) is 5.80. The molecular formula is C20H22INO. The molecule has 0 aromatic heterocycles. The first-order valence-corrected chi connectivity index (χ1v) is 8.95. The van der Waals surface area contributed by atoms with Gasteiger partial charge in [0.05, 0.1) is 0 Å². The summed E-state index contributed by atoms with van der Waals surface area (Å²) in [5.74, 6) is 0.415. The molecule has 23 heavy (non-hydrogen) atoms. The fourth-order valence-corrected chi connectivity index (χ4v) is 2.87. The van der Waals surface area contributed by atoms with E-state index in [0.29, 0.717) is 5.92 Å². The van der Waals surface area contributed by atoms with Crippen molar-refractivity contribution in [3.63, 3.8) is 0 Å². The van der Waals surface area contributed by atoms with Crippen molar-refractivity contribution in [2.45, 2.75) is 33.1 Å². The zero-order valence-electron chi connectivity index (χ0n) is 13.8. The molecule has 0 unspecified atom stereocenters. The van der Waals surface area contributed by atoms with Crippen molar-refractivity contribution in [2.24, 2.45) is 0 Å². The van der Waals surface area contributed by atoms with E-state index in [9.17, 15) is 4.79 Å². The van der Waals surface area contributed by atoms with Crippen molar-refractivity contribution in [2.75, 3.05) is 5.32 Å². The van der Waals surface area contributed by atoms with Gasteiger partial charge in [-0.25, -0.2) is 0 Å². The van der Waals surface area contributed by atoms with Crippen molar-refractivity contribution in [3.8, 4) is 0 Å². The van der Waals surface area contributed by atoms with Gasteiger partial charge < -0.3 is 5.32 Å². The summed E-state index contributed by atoms with van der Waals surface area (Å²) >= 11 is 2.28. The molecule has 2 nitrogen and oxygen atoms in total. The van der Waals surface area contributed by atoms with Crippen LogP contribution in [0, 0.1) is 3.57 Å². The predicted molar refractivity (Wildman–Crippen MR) is 107 cm³/mol. The quantitative estimate of drug-likeness (QED) is 0.494. The largest absolute Gasteiger partial charge is 0.322 e. The molecule has 0 heterocycles. The van der Waals surface area contributed by atoms with Gasteiger partial charge in [0, 0.05) is 15.3 Å². The lowest BCUT2D eigenvalue weighted by atomic mass is 10.0. The van der Waals surface area contributed by atoms with Gasteiger partial charge in [-0.15, -0.1) is 0 Å². The summed E-state index contributed by atoms with van der Waals surface area (Å²) in [6.07, 6.45) is 4.33. The molecule has 2 aromatic carbocycles. The standard InChI is InChI=1S/C20H22INO/c1-4-16-13-18(21)10-11-19(16)22-20(23)12-7-15-5-8-17(9-6-15)14(2)3/h5-14H,4H2,1-3H3,(H,22,23)/b12-7+. The Hall–Kier alpha value is -1.62. The number of amides is 1. The average molecular weight is 419 g/mol. The fraction of sp³-hybridized carbons (Fsp3) is 0.250. The van der Waals surface area contributed by atoms with Gasteiger partial charge in [0.25, 0.3) is 0 Å². The van der Waals surface area contributed by atoms with E-state index in [1.165, 1.54) is 9.13 Å². The third-order valence-electron chi connectivity index (χ3n) is 3.74. The van der Waals surface area contributed by atoms with Gasteiger partial charge in [-0.1, -0.05) is 45.0 Å². The Balaban J connectivity index is 2.04. The zero-order chi connectivity index (χ0) is 16.8. The minimum Gasteiger partial charge on any atom is -0.322 e. The third kappa shape index (κ3) is 5.20. The molecule has 0 radical (unpaired) electrons. The molecule has 120 valence electrons. The van der Waals surface area contributed by atoms with E-state index in [1.807, 2.05) is 30.3 Å². The number of aryl methyl sites for hydroxylation is 1. The second kappa shape index (κ2) is 8.29. The SMILES string of the molecule is CCc1cc(I)ccc1NC(=O)/C=C/c1ccc(C(C)C)cc1. The molecule has 0 saturated heterocycles. The molecule has 0 aliphatic carbocycles. The van der Waals surface area contributed by atoms with E-state index in [2.05, 4.69) is 66.9 Å². The Kier molecular flexibility index (Phi) is 6.39. The van der Waals surface area contributed by atoms with Crippen LogP contribution in [0.1, 0.15) is 43.4 Å². The lowest BCUT2D eigenvalue weighted by Gasteiger charge is -2.09. The fourth-order valence-electron chi connectivity index (χ4n) is 2.32. The number of carbonyl (C=O) groups is 1. The molecule has 3 heteroatoms. The molecule has 2 aromatic rings. The summed E-state index contributed by atoms with van der Waals surface area (Å²) in [4.78, 5) is 12.1. The van der Waals surface area contributed by atoms with Gasteiger partial charge in [-0.3, -0.25) is 4.79 Å². The first kappa shape index (κ1) is 17.7. The maximum atomic E-state index is 12.1. The molecule has 1 N–H and O–H groups in total. The van der Waals surface area contributed by atoms with E-state index < -0.39 is 0 Å². The number of hydrogen-bond donors (Lipinski definition) is 1. The Bertz CT molecular complexity index is 702. The molecule has 0 spiro atoms. The highest BCUT2D eigenvalue weighted by atomic mass is 127. The Morgan fingerprint density at radius 1 is 1.17 bits per heavy atom. The topological polar surface area (TPSA) is 29.1 Å². The third-order valence-corrected chi connectivity index (χ3v) is 4.41. The number of rotatable bonds is 5. The molecule has 0 fully saturated rings. The van der Waals surface area contributed by atoms with Crippen molar-refractivity contribution in [3.05, 3.63) is 68.8 Å². The van der Waals surface area contributed by atoms with E-state index in [-0.39, 0.29) is 5.91 Å². The van der Waals surface area contributed by atoms with E-state index >= 15 is 0 Å². The lowest BCUT2D eigenvalue weighted by molar-refractivity contribution is -0.111. The molecule has 0 atom stereocenters. The normalized spacial score (nSPS) is 11.2. The van der Waals surface area contributed by atoms with E-state index in [1.54, 1.807) is 6.08 Å². The zero-order valence-corrected chi connectivity index (χ0v) is 15.9. The summed E-state index contributed by atoms with van der Waals surface area (Å²) in [5, 5.41) is 2.96. The smallest absolute Gasteiger partial charge is 0.248 e. The summed E-state index contributed by atoms with van der Waals surface area (Å²) < 4.78 is 1.18. The summed E-state index contributed by atoms with van der Waals surface area (Å²) in [6, 6.07) is 14.4. The van der Waals surface area contributed by atoms with Crippen LogP contribution in [0.4, 0.5) is 5.69 Å². The van der Waals surface area contributed by atoms with Crippen LogP contribution in [0.5, 0.6) is 0 Å². The van der Waals surface area contributed by atoms with Crippen LogP contribution in [0.25, 0.3) is 6.08 Å². The van der Waals surface area contributed by atoms with Crippen molar-refractivity contribution in [1.29, 1.82) is 0 Å². The van der Waals surface area contributed by atoms with Crippen LogP contribution in [-0.4, -0.2) is 5.91 Å². The number of benzene rings is 2. The van der Waals surface area contributed by atoms with Gasteiger partial charge in [-0.2, -0.15) is 0 Å². The van der Waals surface area contributed by atoms with Gasteiger partial charge in [0.2, 0.25) is 5.91 Å². The number of anilines is 1.